The molecular formula is C25H23ClO5. The van der Waals surface area contributed by atoms with Gasteiger partial charge in [-0.25, -0.2) is 9.59 Å². The van der Waals surface area contributed by atoms with Gasteiger partial charge in [0.15, 0.2) is 11.5 Å². The van der Waals surface area contributed by atoms with Gasteiger partial charge in [-0.3, -0.25) is 0 Å². The maximum Gasteiger partial charge on any atom is 0.519 e. The molecule has 0 fully saturated rings. The molecule has 0 unspecified atom stereocenters. The lowest BCUT2D eigenvalue weighted by Gasteiger charge is -2.22. The van der Waals surface area contributed by atoms with E-state index in [0.29, 0.717) is 21.9 Å². The van der Waals surface area contributed by atoms with E-state index < -0.39 is 12.1 Å². The predicted octanol–water partition coefficient (Wildman–Crippen LogP) is 6.74. The van der Waals surface area contributed by atoms with E-state index in [4.69, 9.17) is 25.8 Å². The fraction of sp³-hybridized carbons (Fsp3) is 0.200. The molecule has 0 spiro atoms. The molecule has 0 radical (unpaired) electrons. The van der Waals surface area contributed by atoms with E-state index in [9.17, 15) is 9.59 Å². The predicted molar refractivity (Wildman–Crippen MR) is 119 cm³/mol. The molecule has 0 atom stereocenters. The van der Waals surface area contributed by atoms with Crippen LogP contribution >= 0.6 is 11.6 Å². The van der Waals surface area contributed by atoms with Gasteiger partial charge in [-0.05, 0) is 65.9 Å². The van der Waals surface area contributed by atoms with Gasteiger partial charge in [0.2, 0.25) is 0 Å². The molecule has 0 heterocycles. The van der Waals surface area contributed by atoms with Gasteiger partial charge in [0.05, 0.1) is 5.56 Å². The molecule has 0 aliphatic carbocycles. The maximum atomic E-state index is 12.7. The second-order valence-corrected chi connectivity index (χ2v) is 8.47. The van der Waals surface area contributed by atoms with Crippen LogP contribution in [0, 0.1) is 6.92 Å². The van der Waals surface area contributed by atoms with Crippen LogP contribution in [0.2, 0.25) is 5.02 Å². The lowest BCUT2D eigenvalue weighted by Crippen LogP contribution is -2.18. The highest BCUT2D eigenvalue weighted by molar-refractivity contribution is 6.30. The van der Waals surface area contributed by atoms with Crippen LogP contribution in [0.5, 0.6) is 17.2 Å². The van der Waals surface area contributed by atoms with E-state index in [0.717, 1.165) is 5.56 Å². The molecule has 0 aliphatic rings. The SMILES string of the molecule is Cc1cc(C(C)(C)C)cc(OC(=O)Oc2ccccc2)c1OC(=O)c1ccc(Cl)cc1. The number of benzene rings is 3. The molecule has 0 N–H and O–H groups in total. The van der Waals surface area contributed by atoms with Gasteiger partial charge in [0.1, 0.15) is 5.75 Å². The summed E-state index contributed by atoms with van der Waals surface area (Å²) in [5.41, 5.74) is 1.67. The smallest absolute Gasteiger partial charge is 0.419 e. The van der Waals surface area contributed by atoms with Gasteiger partial charge in [-0.2, -0.15) is 0 Å². The Kier molecular flexibility index (Phi) is 6.66. The molecule has 6 heteroatoms. The molecule has 0 saturated heterocycles. The lowest BCUT2D eigenvalue weighted by atomic mass is 9.86. The van der Waals surface area contributed by atoms with Crippen molar-refractivity contribution in [2.75, 3.05) is 0 Å². The van der Waals surface area contributed by atoms with Crippen LogP contribution in [0.15, 0.2) is 66.7 Å². The third-order valence-corrected chi connectivity index (χ3v) is 4.77. The summed E-state index contributed by atoms with van der Waals surface area (Å²) in [4.78, 5) is 25.1. The van der Waals surface area contributed by atoms with Crippen LogP contribution in [0.3, 0.4) is 0 Å². The van der Waals surface area contributed by atoms with Gasteiger partial charge in [0.25, 0.3) is 0 Å². The summed E-state index contributed by atoms with van der Waals surface area (Å²) in [6.45, 7) is 7.89. The third-order valence-electron chi connectivity index (χ3n) is 4.52. The number of hydrogen-bond donors (Lipinski definition) is 0. The molecule has 0 saturated carbocycles. The topological polar surface area (TPSA) is 61.8 Å². The zero-order valence-corrected chi connectivity index (χ0v) is 18.5. The van der Waals surface area contributed by atoms with Gasteiger partial charge in [-0.15, -0.1) is 0 Å². The summed E-state index contributed by atoms with van der Waals surface area (Å²) in [7, 11) is 0. The first-order chi connectivity index (χ1) is 14.6. The largest absolute Gasteiger partial charge is 0.519 e. The fourth-order valence-corrected chi connectivity index (χ4v) is 2.94. The number of para-hydroxylation sites is 1. The Morgan fingerprint density at radius 1 is 0.839 bits per heavy atom. The first-order valence-corrected chi connectivity index (χ1v) is 10.1. The van der Waals surface area contributed by atoms with Gasteiger partial charge in [0, 0.05) is 5.02 Å². The van der Waals surface area contributed by atoms with Crippen molar-refractivity contribution in [3.8, 4) is 17.2 Å². The highest BCUT2D eigenvalue weighted by Gasteiger charge is 2.23. The van der Waals surface area contributed by atoms with E-state index in [-0.39, 0.29) is 16.9 Å². The normalized spacial score (nSPS) is 11.0. The van der Waals surface area contributed by atoms with E-state index in [2.05, 4.69) is 0 Å². The van der Waals surface area contributed by atoms with E-state index in [1.54, 1.807) is 61.5 Å². The van der Waals surface area contributed by atoms with Gasteiger partial charge in [-0.1, -0.05) is 56.6 Å². The number of rotatable bonds is 4. The van der Waals surface area contributed by atoms with Crippen molar-refractivity contribution in [3.63, 3.8) is 0 Å². The van der Waals surface area contributed by atoms with Crippen molar-refractivity contribution in [2.24, 2.45) is 0 Å². The van der Waals surface area contributed by atoms with Crippen LogP contribution in [-0.2, 0) is 5.41 Å². The average molecular weight is 439 g/mol. The number of esters is 1. The fourth-order valence-electron chi connectivity index (χ4n) is 2.81. The first-order valence-electron chi connectivity index (χ1n) is 9.71. The minimum atomic E-state index is -0.930. The van der Waals surface area contributed by atoms with Crippen LogP contribution < -0.4 is 14.2 Å². The molecule has 0 amide bonds. The first kappa shape index (κ1) is 22.4. The molecule has 5 nitrogen and oxygen atoms in total. The molecule has 3 rings (SSSR count). The van der Waals surface area contributed by atoms with E-state index in [1.165, 1.54) is 0 Å². The van der Waals surface area contributed by atoms with Gasteiger partial charge < -0.3 is 14.2 Å². The second kappa shape index (κ2) is 9.23. The molecule has 31 heavy (non-hydrogen) atoms. The molecule has 160 valence electrons. The van der Waals surface area contributed by atoms with E-state index >= 15 is 0 Å². The van der Waals surface area contributed by atoms with E-state index in [1.807, 2.05) is 32.9 Å². The van der Waals surface area contributed by atoms with Crippen molar-refractivity contribution in [3.05, 3.63) is 88.4 Å². The lowest BCUT2D eigenvalue weighted by molar-refractivity contribution is 0.0725. The molecule has 0 aliphatic heterocycles. The summed E-state index contributed by atoms with van der Waals surface area (Å²) < 4.78 is 16.3. The maximum absolute atomic E-state index is 12.7. The summed E-state index contributed by atoms with van der Waals surface area (Å²) in [6.07, 6.45) is -0.930. The van der Waals surface area contributed by atoms with Crippen molar-refractivity contribution in [1.82, 2.24) is 0 Å². The Bertz CT molecular complexity index is 1080. The minimum absolute atomic E-state index is 0.105. The summed E-state index contributed by atoms with van der Waals surface area (Å²) in [5.74, 6) is 0.00610. The highest BCUT2D eigenvalue weighted by Crippen LogP contribution is 2.37. The molecular weight excluding hydrogens is 416 g/mol. The zero-order chi connectivity index (χ0) is 22.6. The van der Waals surface area contributed by atoms with Crippen molar-refractivity contribution < 1.29 is 23.8 Å². The summed E-state index contributed by atoms with van der Waals surface area (Å²) >= 11 is 5.89. The Labute approximate surface area is 186 Å². The number of carbonyl (C=O) groups is 2. The third kappa shape index (κ3) is 5.86. The monoisotopic (exact) mass is 438 g/mol. The van der Waals surface area contributed by atoms with Crippen LogP contribution in [-0.4, -0.2) is 12.1 Å². The van der Waals surface area contributed by atoms with Crippen molar-refractivity contribution in [1.29, 1.82) is 0 Å². The minimum Gasteiger partial charge on any atom is -0.419 e. The Morgan fingerprint density at radius 2 is 1.48 bits per heavy atom. The Balaban J connectivity index is 1.92. The summed E-state index contributed by atoms with van der Waals surface area (Å²) in [5, 5.41) is 0.509. The second-order valence-electron chi connectivity index (χ2n) is 8.03. The zero-order valence-electron chi connectivity index (χ0n) is 17.8. The Morgan fingerprint density at radius 3 is 2.10 bits per heavy atom. The standard InChI is InChI=1S/C25H23ClO5/c1-16-14-18(25(2,3)4)15-21(30-24(28)29-20-8-6-5-7-9-20)22(16)31-23(27)17-10-12-19(26)13-11-17/h5-15H,1-4H3. The molecule has 0 bridgehead atoms. The van der Waals surface area contributed by atoms with Crippen molar-refractivity contribution in [2.45, 2.75) is 33.1 Å². The molecule has 3 aromatic carbocycles. The van der Waals surface area contributed by atoms with Crippen LogP contribution in [0.4, 0.5) is 4.79 Å². The Hall–Kier alpha value is -3.31. The molecule has 3 aromatic rings. The number of halogens is 1. The number of carbonyl (C=O) groups excluding carboxylic acids is 2. The number of hydrogen-bond acceptors (Lipinski definition) is 5. The number of aryl methyl sites for hydroxylation is 1. The van der Waals surface area contributed by atoms with Crippen LogP contribution in [0.1, 0.15) is 42.3 Å². The van der Waals surface area contributed by atoms with Crippen LogP contribution in [0.25, 0.3) is 0 Å². The highest BCUT2D eigenvalue weighted by atomic mass is 35.5. The molecule has 0 aromatic heterocycles. The van der Waals surface area contributed by atoms with Gasteiger partial charge >= 0.3 is 12.1 Å². The number of ether oxygens (including phenoxy) is 3. The summed E-state index contributed by atoms with van der Waals surface area (Å²) in [6, 6.07) is 18.5. The average Bonchev–Trinajstić information content (AvgIpc) is 2.70. The quantitative estimate of drug-likeness (QED) is 0.256. The van der Waals surface area contributed by atoms with Crippen molar-refractivity contribution >= 4 is 23.7 Å².